The molecule has 0 aromatic heterocycles. The summed E-state index contributed by atoms with van der Waals surface area (Å²) in [6.07, 6.45) is 0. The maximum absolute atomic E-state index is 12.6. The molecule has 1 atom stereocenters. The summed E-state index contributed by atoms with van der Waals surface area (Å²) in [6.45, 7) is 6.90. The summed E-state index contributed by atoms with van der Waals surface area (Å²) in [5.74, 6) is 0.209. The smallest absolute Gasteiger partial charge is 0.282 e. The zero-order valence-corrected chi connectivity index (χ0v) is 15.7. The largest absolute Gasteiger partial charge is 0.508 e. The number of amides is 1. The molecule has 1 amide bonds. The molecular weight excluding hydrogens is 342 g/mol. The van der Waals surface area contributed by atoms with E-state index >= 15 is 0 Å². The van der Waals surface area contributed by atoms with Crippen LogP contribution in [0, 0.1) is 0 Å². The minimum atomic E-state index is -0.173. The van der Waals surface area contributed by atoms with Crippen molar-refractivity contribution in [3.05, 3.63) is 54.1 Å². The lowest BCUT2D eigenvalue weighted by Gasteiger charge is -2.36. The van der Waals surface area contributed by atoms with E-state index in [2.05, 4.69) is 10.2 Å². The molecule has 6 heteroatoms. The highest BCUT2D eigenvalue weighted by Gasteiger charge is 2.29. The molecule has 3 rings (SSSR count). The van der Waals surface area contributed by atoms with E-state index in [0.717, 1.165) is 31.9 Å². The van der Waals surface area contributed by atoms with Gasteiger partial charge in [-0.05, 0) is 50.2 Å². The van der Waals surface area contributed by atoms with Crippen LogP contribution in [0.1, 0.15) is 24.2 Å². The maximum atomic E-state index is 12.6. The number of anilines is 2. The second kappa shape index (κ2) is 8.22. The summed E-state index contributed by atoms with van der Waals surface area (Å²) in [5.41, 5.74) is 2.34. The molecule has 1 saturated heterocycles. The third-order valence-corrected chi connectivity index (χ3v) is 5.16. The van der Waals surface area contributed by atoms with Crippen LogP contribution < -0.4 is 15.1 Å². The lowest BCUT2D eigenvalue weighted by Crippen LogP contribution is -3.19. The number of hydrogen-bond donors (Lipinski definition) is 3. The zero-order valence-electron chi connectivity index (χ0n) is 15.7. The van der Waals surface area contributed by atoms with Crippen molar-refractivity contribution >= 4 is 23.1 Å². The fourth-order valence-electron chi connectivity index (χ4n) is 3.40. The van der Waals surface area contributed by atoms with Crippen molar-refractivity contribution in [1.29, 1.82) is 0 Å². The van der Waals surface area contributed by atoms with Crippen LogP contribution in [-0.4, -0.2) is 49.0 Å². The van der Waals surface area contributed by atoms with Crippen LogP contribution in [0.15, 0.2) is 48.5 Å². The number of aromatic hydroxyl groups is 1. The molecule has 3 N–H and O–H groups in total. The summed E-state index contributed by atoms with van der Waals surface area (Å²) in [6, 6.07) is 14.1. The number of rotatable bonds is 5. The fourth-order valence-corrected chi connectivity index (χ4v) is 3.40. The van der Waals surface area contributed by atoms with Gasteiger partial charge in [0.1, 0.15) is 5.75 Å². The second-order valence-corrected chi connectivity index (χ2v) is 7.01. The molecule has 1 aliphatic heterocycles. The summed E-state index contributed by atoms with van der Waals surface area (Å²) < 4.78 is 0. The Hall–Kier alpha value is -2.86. The average molecular weight is 368 g/mol. The first-order chi connectivity index (χ1) is 12.9. The first-order valence-corrected chi connectivity index (χ1v) is 9.24. The van der Waals surface area contributed by atoms with Crippen molar-refractivity contribution in [2.75, 3.05) is 36.4 Å². The number of carbonyl (C=O) groups excluding carboxylic acids is 2. The number of nitrogens with one attached hydrogen (secondary N) is 2. The fraction of sp³-hybridized carbons (Fsp3) is 0.333. The monoisotopic (exact) mass is 368 g/mol. The molecule has 6 nitrogen and oxygen atoms in total. The van der Waals surface area contributed by atoms with Gasteiger partial charge in [0, 0.05) is 16.9 Å². The van der Waals surface area contributed by atoms with Crippen LogP contribution >= 0.6 is 0 Å². The van der Waals surface area contributed by atoms with E-state index in [9.17, 15) is 14.7 Å². The lowest BCUT2D eigenvalue weighted by atomic mass is 10.1. The Morgan fingerprint density at radius 1 is 1.11 bits per heavy atom. The number of Topliss-reactive ketones (excluding diaryl/α,β-unsaturated/α-hetero) is 1. The van der Waals surface area contributed by atoms with Crippen LogP contribution in [0.3, 0.4) is 0 Å². The first kappa shape index (κ1) is 18.9. The number of benzene rings is 2. The Bertz CT molecular complexity index is 812. The van der Waals surface area contributed by atoms with Crippen LogP contribution in [-0.2, 0) is 4.79 Å². The molecule has 27 heavy (non-hydrogen) atoms. The minimum Gasteiger partial charge on any atom is -0.508 e. The summed E-state index contributed by atoms with van der Waals surface area (Å²) >= 11 is 0. The van der Waals surface area contributed by atoms with Crippen LogP contribution in [0.5, 0.6) is 5.75 Å². The molecule has 0 saturated carbocycles. The van der Waals surface area contributed by atoms with Gasteiger partial charge in [0.05, 0.1) is 26.2 Å². The van der Waals surface area contributed by atoms with E-state index in [-0.39, 0.29) is 23.5 Å². The topological polar surface area (TPSA) is 74.1 Å². The number of phenols is 1. The zero-order chi connectivity index (χ0) is 19.4. The molecule has 0 aliphatic carbocycles. The average Bonchev–Trinajstić information content (AvgIpc) is 2.68. The van der Waals surface area contributed by atoms with Crippen LogP contribution in [0.4, 0.5) is 11.4 Å². The lowest BCUT2D eigenvalue weighted by molar-refractivity contribution is -0.914. The third kappa shape index (κ3) is 4.65. The van der Waals surface area contributed by atoms with Gasteiger partial charge in [-0.2, -0.15) is 0 Å². The van der Waals surface area contributed by atoms with Crippen molar-refractivity contribution in [2.24, 2.45) is 0 Å². The molecule has 2 aromatic rings. The van der Waals surface area contributed by atoms with E-state index in [1.807, 2.05) is 19.1 Å². The Balaban J connectivity index is 1.56. The van der Waals surface area contributed by atoms with Crippen LogP contribution in [0.2, 0.25) is 0 Å². The molecule has 1 fully saturated rings. The predicted molar refractivity (Wildman–Crippen MR) is 106 cm³/mol. The Morgan fingerprint density at radius 3 is 2.41 bits per heavy atom. The van der Waals surface area contributed by atoms with Gasteiger partial charge in [-0.15, -0.1) is 0 Å². The van der Waals surface area contributed by atoms with Gasteiger partial charge in [-0.1, -0.05) is 12.1 Å². The number of ketones is 1. The number of hydrogen-bond acceptors (Lipinski definition) is 4. The quantitative estimate of drug-likeness (QED) is 0.696. The van der Waals surface area contributed by atoms with Gasteiger partial charge in [0.25, 0.3) is 5.91 Å². The highest BCUT2D eigenvalue weighted by molar-refractivity contribution is 5.97. The number of piperazine rings is 1. The van der Waals surface area contributed by atoms with E-state index in [4.69, 9.17) is 0 Å². The van der Waals surface area contributed by atoms with E-state index in [1.54, 1.807) is 36.4 Å². The van der Waals surface area contributed by atoms with Crippen molar-refractivity contribution in [2.45, 2.75) is 19.9 Å². The normalized spacial score (nSPS) is 16.0. The van der Waals surface area contributed by atoms with Crippen molar-refractivity contribution in [3.8, 4) is 5.75 Å². The molecule has 1 aliphatic rings. The third-order valence-electron chi connectivity index (χ3n) is 5.16. The number of phenolic OH excluding ortho intramolecular Hbond substituents is 1. The molecule has 0 radical (unpaired) electrons. The molecular formula is C21H26N3O3+. The number of nitrogens with zero attached hydrogens (tertiary/aromatic N) is 1. The van der Waals surface area contributed by atoms with Gasteiger partial charge in [-0.25, -0.2) is 0 Å². The number of carbonyl (C=O) groups is 2. The first-order valence-electron chi connectivity index (χ1n) is 9.24. The van der Waals surface area contributed by atoms with E-state index in [0.29, 0.717) is 11.3 Å². The van der Waals surface area contributed by atoms with E-state index < -0.39 is 0 Å². The minimum absolute atomic E-state index is 0.0184. The Morgan fingerprint density at radius 2 is 1.78 bits per heavy atom. The Kier molecular flexibility index (Phi) is 5.76. The van der Waals surface area contributed by atoms with Crippen LogP contribution in [0.25, 0.3) is 0 Å². The highest BCUT2D eigenvalue weighted by Crippen LogP contribution is 2.18. The highest BCUT2D eigenvalue weighted by atomic mass is 16.3. The molecule has 142 valence electrons. The van der Waals surface area contributed by atoms with Gasteiger partial charge < -0.3 is 20.2 Å². The maximum Gasteiger partial charge on any atom is 0.282 e. The summed E-state index contributed by atoms with van der Waals surface area (Å²) in [7, 11) is 0. The molecule has 0 unspecified atom stereocenters. The van der Waals surface area contributed by atoms with Crippen molar-refractivity contribution in [3.63, 3.8) is 0 Å². The molecule has 2 aromatic carbocycles. The van der Waals surface area contributed by atoms with Gasteiger partial charge in [0.2, 0.25) is 0 Å². The SMILES string of the molecule is CC(=O)c1cccc(NC(=O)[C@H](C)[NH+]2CCN(c3ccc(O)cc3)CC2)c1. The standard InChI is InChI=1S/C21H25N3O3/c1-15(21(27)22-18-5-3-4-17(14-18)16(2)25)23-10-12-24(13-11-23)19-6-8-20(26)9-7-19/h3-9,14-15,26H,10-13H2,1-2H3,(H,22,27)/p+1/t15-/m0/s1. The van der Waals surface area contributed by atoms with Gasteiger partial charge in [-0.3, -0.25) is 9.59 Å². The van der Waals surface area contributed by atoms with E-state index in [1.165, 1.54) is 11.8 Å². The Labute approximate surface area is 159 Å². The second-order valence-electron chi connectivity index (χ2n) is 7.01. The molecule has 0 spiro atoms. The molecule has 0 bridgehead atoms. The van der Waals surface area contributed by atoms with Gasteiger partial charge in [0.15, 0.2) is 11.8 Å². The predicted octanol–water partition coefficient (Wildman–Crippen LogP) is 1.33. The van der Waals surface area contributed by atoms with Gasteiger partial charge >= 0.3 is 0 Å². The summed E-state index contributed by atoms with van der Waals surface area (Å²) in [4.78, 5) is 27.6. The van der Waals surface area contributed by atoms with Crippen molar-refractivity contribution < 1.29 is 19.6 Å². The molecule has 1 heterocycles. The summed E-state index contributed by atoms with van der Waals surface area (Å²) in [5, 5.41) is 12.3. The number of quaternary nitrogens is 1. The van der Waals surface area contributed by atoms with Crippen molar-refractivity contribution in [1.82, 2.24) is 0 Å².